The van der Waals surface area contributed by atoms with Gasteiger partial charge in [-0.05, 0) is 61.3 Å². The van der Waals surface area contributed by atoms with Gasteiger partial charge < -0.3 is 5.11 Å². The van der Waals surface area contributed by atoms with Gasteiger partial charge in [-0.1, -0.05) is 19.4 Å². The van der Waals surface area contributed by atoms with Crippen LogP contribution >= 0.6 is 0 Å². The maximum Gasteiger partial charge on any atom is 0.240 e. The first kappa shape index (κ1) is 16.5. The Kier molecular flexibility index (Phi) is 4.76. The Morgan fingerprint density at radius 2 is 1.90 bits per heavy atom. The van der Waals surface area contributed by atoms with Crippen molar-refractivity contribution in [3.05, 3.63) is 28.8 Å². The molecule has 0 aliphatic heterocycles. The molecule has 4 nitrogen and oxygen atoms in total. The first-order chi connectivity index (χ1) is 9.83. The van der Waals surface area contributed by atoms with Gasteiger partial charge >= 0.3 is 0 Å². The lowest BCUT2D eigenvalue weighted by molar-refractivity contribution is 0.280. The summed E-state index contributed by atoms with van der Waals surface area (Å²) in [6.45, 7) is 6.18. The van der Waals surface area contributed by atoms with Crippen LogP contribution < -0.4 is 4.72 Å². The van der Waals surface area contributed by atoms with Gasteiger partial charge in [0.1, 0.15) is 0 Å². The molecule has 0 heterocycles. The van der Waals surface area contributed by atoms with Crippen molar-refractivity contribution in [3.8, 4) is 0 Å². The Bertz CT molecular complexity index is 619. The molecule has 0 saturated heterocycles. The molecule has 21 heavy (non-hydrogen) atoms. The summed E-state index contributed by atoms with van der Waals surface area (Å²) in [5.41, 5.74) is 2.48. The van der Waals surface area contributed by atoms with Crippen molar-refractivity contribution in [1.29, 1.82) is 0 Å². The average molecular weight is 311 g/mol. The maximum absolute atomic E-state index is 12.5. The quantitative estimate of drug-likeness (QED) is 0.813. The van der Waals surface area contributed by atoms with E-state index < -0.39 is 10.0 Å². The van der Waals surface area contributed by atoms with Crippen LogP contribution in [0.15, 0.2) is 17.0 Å². The van der Waals surface area contributed by atoms with Gasteiger partial charge in [0.15, 0.2) is 0 Å². The van der Waals surface area contributed by atoms with Gasteiger partial charge in [-0.2, -0.15) is 0 Å². The number of benzene rings is 1. The van der Waals surface area contributed by atoms with Gasteiger partial charge in [0.2, 0.25) is 10.0 Å². The van der Waals surface area contributed by atoms with Crippen LogP contribution in [0.1, 0.15) is 49.3 Å². The van der Waals surface area contributed by atoms with E-state index in [1.165, 1.54) is 0 Å². The van der Waals surface area contributed by atoms with Crippen LogP contribution in [0.25, 0.3) is 0 Å². The summed E-state index contributed by atoms with van der Waals surface area (Å²) in [6.07, 6.45) is 4.38. The Labute approximate surface area is 127 Å². The van der Waals surface area contributed by atoms with E-state index in [1.807, 2.05) is 13.0 Å². The van der Waals surface area contributed by atoms with E-state index in [2.05, 4.69) is 11.6 Å². The highest BCUT2D eigenvalue weighted by Crippen LogP contribution is 2.49. The number of hydrogen-bond donors (Lipinski definition) is 2. The summed E-state index contributed by atoms with van der Waals surface area (Å²) in [5, 5.41) is 9.32. The topological polar surface area (TPSA) is 66.4 Å². The Morgan fingerprint density at radius 3 is 2.43 bits per heavy atom. The molecule has 0 atom stereocenters. The van der Waals surface area contributed by atoms with Gasteiger partial charge in [0.25, 0.3) is 0 Å². The lowest BCUT2D eigenvalue weighted by atomic mass is 10.0. The van der Waals surface area contributed by atoms with E-state index in [0.717, 1.165) is 36.8 Å². The summed E-state index contributed by atoms with van der Waals surface area (Å²) in [5.74, 6) is 0. The van der Waals surface area contributed by atoms with Crippen LogP contribution in [-0.4, -0.2) is 20.1 Å². The minimum Gasteiger partial charge on any atom is -0.392 e. The SMILES string of the molecule is CCCC1(CNS(=O)(=O)c2cc(CO)c(C)cc2C)CC1. The summed E-state index contributed by atoms with van der Waals surface area (Å²) < 4.78 is 27.8. The second kappa shape index (κ2) is 6.07. The maximum atomic E-state index is 12.5. The lowest BCUT2D eigenvalue weighted by Crippen LogP contribution is -2.31. The van der Waals surface area contributed by atoms with Crippen molar-refractivity contribution >= 4 is 10.0 Å². The van der Waals surface area contributed by atoms with Crippen molar-refractivity contribution < 1.29 is 13.5 Å². The molecule has 0 unspecified atom stereocenters. The second-order valence-corrected chi connectivity index (χ2v) is 8.01. The third-order valence-electron chi connectivity index (χ3n) is 4.47. The molecule has 1 aliphatic carbocycles. The molecule has 118 valence electrons. The van der Waals surface area contributed by atoms with Crippen LogP contribution in [0.2, 0.25) is 0 Å². The molecule has 5 heteroatoms. The number of nitrogens with one attached hydrogen (secondary N) is 1. The highest BCUT2D eigenvalue weighted by atomic mass is 32.2. The van der Waals surface area contributed by atoms with Crippen LogP contribution in [0.5, 0.6) is 0 Å². The van der Waals surface area contributed by atoms with Gasteiger partial charge in [0, 0.05) is 6.54 Å². The monoisotopic (exact) mass is 311 g/mol. The van der Waals surface area contributed by atoms with Gasteiger partial charge in [0.05, 0.1) is 11.5 Å². The number of aliphatic hydroxyl groups is 1. The van der Waals surface area contributed by atoms with E-state index in [1.54, 1.807) is 13.0 Å². The molecule has 0 aromatic heterocycles. The number of aryl methyl sites for hydroxylation is 2. The third kappa shape index (κ3) is 3.65. The fourth-order valence-electron chi connectivity index (χ4n) is 2.88. The minimum atomic E-state index is -3.51. The van der Waals surface area contributed by atoms with Crippen molar-refractivity contribution in [3.63, 3.8) is 0 Å². The number of aliphatic hydroxyl groups excluding tert-OH is 1. The zero-order valence-corrected chi connectivity index (χ0v) is 13.9. The van der Waals surface area contributed by atoms with Crippen molar-refractivity contribution in [2.24, 2.45) is 5.41 Å². The smallest absolute Gasteiger partial charge is 0.240 e. The molecule has 0 spiro atoms. The summed E-state index contributed by atoms with van der Waals surface area (Å²) in [4.78, 5) is 0.282. The fraction of sp³-hybridized carbons (Fsp3) is 0.625. The molecular weight excluding hydrogens is 286 g/mol. The van der Waals surface area contributed by atoms with Gasteiger partial charge in [-0.3, -0.25) is 0 Å². The molecule has 1 fully saturated rings. The normalized spacial score (nSPS) is 17.0. The molecule has 2 rings (SSSR count). The highest BCUT2D eigenvalue weighted by Gasteiger charge is 2.42. The zero-order chi connectivity index (χ0) is 15.7. The molecule has 1 aromatic rings. The van der Waals surface area contributed by atoms with E-state index in [9.17, 15) is 13.5 Å². The van der Waals surface area contributed by atoms with E-state index in [4.69, 9.17) is 0 Å². The van der Waals surface area contributed by atoms with E-state index in [-0.39, 0.29) is 16.9 Å². The molecule has 0 amide bonds. The molecule has 0 radical (unpaired) electrons. The van der Waals surface area contributed by atoms with Crippen molar-refractivity contribution in [2.75, 3.05) is 6.54 Å². The third-order valence-corrected chi connectivity index (χ3v) is 6.01. The summed E-state index contributed by atoms with van der Waals surface area (Å²) in [7, 11) is -3.51. The second-order valence-electron chi connectivity index (χ2n) is 6.28. The first-order valence-electron chi connectivity index (χ1n) is 7.54. The van der Waals surface area contributed by atoms with Crippen LogP contribution in [-0.2, 0) is 16.6 Å². The molecule has 2 N–H and O–H groups in total. The van der Waals surface area contributed by atoms with Gasteiger partial charge in [-0.25, -0.2) is 13.1 Å². The molecule has 0 bridgehead atoms. The highest BCUT2D eigenvalue weighted by molar-refractivity contribution is 7.89. The van der Waals surface area contributed by atoms with E-state index >= 15 is 0 Å². The van der Waals surface area contributed by atoms with Crippen LogP contribution in [0, 0.1) is 19.3 Å². The first-order valence-corrected chi connectivity index (χ1v) is 9.02. The summed E-state index contributed by atoms with van der Waals surface area (Å²) in [6, 6.07) is 3.41. The summed E-state index contributed by atoms with van der Waals surface area (Å²) >= 11 is 0. The average Bonchev–Trinajstić information content (AvgIpc) is 3.17. The standard InChI is InChI=1S/C16H25NO3S/c1-4-5-16(6-7-16)11-17-21(19,20)15-9-14(10-18)12(2)8-13(15)3/h8-9,17-18H,4-7,10-11H2,1-3H3. The fourth-order valence-corrected chi connectivity index (χ4v) is 4.31. The van der Waals surface area contributed by atoms with Crippen molar-refractivity contribution in [2.45, 2.75) is 58.0 Å². The van der Waals surface area contributed by atoms with E-state index in [0.29, 0.717) is 12.1 Å². The molecular formula is C16H25NO3S. The molecule has 1 aliphatic rings. The largest absolute Gasteiger partial charge is 0.392 e. The van der Waals surface area contributed by atoms with Crippen LogP contribution in [0.4, 0.5) is 0 Å². The molecule has 1 saturated carbocycles. The minimum absolute atomic E-state index is 0.144. The van der Waals surface area contributed by atoms with Gasteiger partial charge in [-0.15, -0.1) is 0 Å². The lowest BCUT2D eigenvalue weighted by Gasteiger charge is -2.17. The predicted octanol–water partition coefficient (Wildman–Crippen LogP) is 2.65. The number of rotatable bonds is 7. The van der Waals surface area contributed by atoms with Crippen LogP contribution in [0.3, 0.4) is 0 Å². The number of sulfonamides is 1. The Balaban J connectivity index is 2.20. The molecule has 1 aromatic carbocycles. The number of hydrogen-bond acceptors (Lipinski definition) is 3. The van der Waals surface area contributed by atoms with Crippen molar-refractivity contribution in [1.82, 2.24) is 4.72 Å². The zero-order valence-electron chi connectivity index (χ0n) is 13.1. The predicted molar refractivity (Wildman–Crippen MR) is 83.6 cm³/mol. The Hall–Kier alpha value is -0.910. The Morgan fingerprint density at radius 1 is 1.24 bits per heavy atom.